The number of anilines is 1. The van der Waals surface area contributed by atoms with Crippen LogP contribution < -0.4 is 5.32 Å². The summed E-state index contributed by atoms with van der Waals surface area (Å²) in [6.07, 6.45) is 0. The second-order valence-electron chi connectivity index (χ2n) is 2.34. The molecule has 0 aromatic carbocycles. The second-order valence-corrected chi connectivity index (χ2v) is 3.32. The Balaban J connectivity index is 3.17. The Hall–Kier alpha value is -2.10. The number of carbonyl (C=O) groups is 1. The minimum Gasteiger partial charge on any atom is -0.358 e. The summed E-state index contributed by atoms with van der Waals surface area (Å²) in [5.74, 6) is -1.28. The van der Waals surface area contributed by atoms with Crippen LogP contribution in [0.25, 0.3) is 0 Å². The predicted octanol–water partition coefficient (Wildman–Crippen LogP) is 0.918. The van der Waals surface area contributed by atoms with Gasteiger partial charge in [-0.05, 0) is 21.2 Å². The molecule has 1 aromatic rings. The maximum absolute atomic E-state index is 10.6. The zero-order valence-electron chi connectivity index (χ0n) is 7.29. The van der Waals surface area contributed by atoms with Crippen LogP contribution in [0.1, 0.15) is 6.92 Å². The van der Waals surface area contributed by atoms with Crippen molar-refractivity contribution in [3.05, 3.63) is 20.2 Å². The highest BCUT2D eigenvalue weighted by Gasteiger charge is 2.26. The predicted molar refractivity (Wildman–Crippen MR) is 49.7 cm³/mol. The number of nitrogens with one attached hydrogen (secondary N) is 1. The zero-order chi connectivity index (χ0) is 11.6. The monoisotopic (exact) mass is 232 g/mol. The van der Waals surface area contributed by atoms with Gasteiger partial charge in [0.1, 0.15) is 0 Å². The van der Waals surface area contributed by atoms with Crippen LogP contribution in [0.3, 0.4) is 0 Å². The number of nitrogens with zero attached hydrogens (tertiary/aromatic N) is 3. The second kappa shape index (κ2) is 3.96. The summed E-state index contributed by atoms with van der Waals surface area (Å²) in [6.45, 7) is 1.13. The molecule has 0 atom stereocenters. The minimum absolute atomic E-state index is 0.237. The van der Waals surface area contributed by atoms with E-state index in [0.717, 1.165) is 6.92 Å². The lowest BCUT2D eigenvalue weighted by Crippen LogP contribution is -2.06. The van der Waals surface area contributed by atoms with Crippen LogP contribution in [0.5, 0.6) is 0 Å². The number of amides is 1. The first-order valence-corrected chi connectivity index (χ1v) is 4.30. The van der Waals surface area contributed by atoms with Crippen LogP contribution in [0.4, 0.5) is 16.0 Å². The number of hydrogen-bond acceptors (Lipinski definition) is 7. The van der Waals surface area contributed by atoms with Gasteiger partial charge in [-0.1, -0.05) is 0 Å². The Morgan fingerprint density at radius 2 is 2.00 bits per heavy atom. The van der Waals surface area contributed by atoms with Crippen LogP contribution in [0.15, 0.2) is 0 Å². The summed E-state index contributed by atoms with van der Waals surface area (Å²) in [5, 5.41) is 21.9. The highest BCUT2D eigenvalue weighted by Crippen LogP contribution is 2.34. The molecule has 15 heavy (non-hydrogen) atoms. The smallest absolute Gasteiger partial charge is 0.358 e. The molecule has 0 aliphatic carbocycles. The van der Waals surface area contributed by atoms with E-state index in [1.54, 1.807) is 0 Å². The van der Waals surface area contributed by atoms with E-state index in [-0.39, 0.29) is 5.00 Å². The highest BCUT2D eigenvalue weighted by atomic mass is 32.1. The number of thiazole rings is 1. The SMILES string of the molecule is CC(=O)Nc1sc([N+](=O)[O-])nc1[N+](=O)[O-]. The van der Waals surface area contributed by atoms with Crippen molar-refractivity contribution in [2.45, 2.75) is 6.92 Å². The Morgan fingerprint density at radius 1 is 1.40 bits per heavy atom. The molecule has 0 radical (unpaired) electrons. The molecule has 0 unspecified atom stereocenters. The molecule has 1 amide bonds. The molecule has 0 bridgehead atoms. The Morgan fingerprint density at radius 3 is 2.40 bits per heavy atom. The van der Waals surface area contributed by atoms with Crippen molar-refractivity contribution in [1.82, 2.24) is 4.98 Å². The first-order valence-electron chi connectivity index (χ1n) is 3.49. The average Bonchev–Trinajstić information content (AvgIpc) is 2.46. The van der Waals surface area contributed by atoms with Gasteiger partial charge in [0.05, 0.1) is 0 Å². The maximum atomic E-state index is 10.6. The van der Waals surface area contributed by atoms with Gasteiger partial charge in [-0.25, -0.2) is 0 Å². The molecule has 1 heterocycles. The summed E-state index contributed by atoms with van der Waals surface area (Å²) in [6, 6.07) is 0. The molecule has 10 heteroatoms. The van der Waals surface area contributed by atoms with Crippen molar-refractivity contribution in [1.29, 1.82) is 0 Å². The van der Waals surface area contributed by atoms with Gasteiger partial charge in [-0.15, -0.1) is 0 Å². The third kappa shape index (κ3) is 2.43. The van der Waals surface area contributed by atoms with Gasteiger partial charge in [0, 0.05) is 11.9 Å². The molecule has 80 valence electrons. The lowest BCUT2D eigenvalue weighted by Gasteiger charge is -1.94. The number of rotatable bonds is 3. The Bertz CT molecular complexity index is 441. The van der Waals surface area contributed by atoms with Crippen molar-refractivity contribution in [3.8, 4) is 0 Å². The van der Waals surface area contributed by atoms with Gasteiger partial charge in [-0.2, -0.15) is 0 Å². The molecule has 9 nitrogen and oxygen atoms in total. The van der Waals surface area contributed by atoms with Gasteiger partial charge in [0.25, 0.3) is 0 Å². The van der Waals surface area contributed by atoms with E-state index in [1.165, 1.54) is 0 Å². The minimum atomic E-state index is -0.894. The van der Waals surface area contributed by atoms with Gasteiger partial charge >= 0.3 is 10.9 Å². The standard InChI is InChI=1S/C5H4N4O5S/c1-2(10)6-4-3(8(11)12)7-5(15-4)9(13)14/h1H3,(H,6,10). The van der Waals surface area contributed by atoms with Gasteiger partial charge in [0.15, 0.2) is 0 Å². The number of nitro groups is 2. The van der Waals surface area contributed by atoms with E-state index in [2.05, 4.69) is 10.3 Å². The molecular formula is C5H4N4O5S. The van der Waals surface area contributed by atoms with Crippen LogP contribution in [0.2, 0.25) is 0 Å². The van der Waals surface area contributed by atoms with Crippen LogP contribution in [-0.2, 0) is 4.79 Å². The van der Waals surface area contributed by atoms with Gasteiger partial charge in [0.2, 0.25) is 10.9 Å². The molecule has 0 saturated heterocycles. The number of carbonyl (C=O) groups excluding carboxylic acids is 1. The fourth-order valence-electron chi connectivity index (χ4n) is 0.744. The van der Waals surface area contributed by atoms with Crippen molar-refractivity contribution in [2.24, 2.45) is 0 Å². The quantitative estimate of drug-likeness (QED) is 0.609. The first kappa shape index (κ1) is 11.0. The molecule has 0 fully saturated rings. The molecule has 0 aliphatic heterocycles. The van der Waals surface area contributed by atoms with Crippen molar-refractivity contribution in [2.75, 3.05) is 5.32 Å². The lowest BCUT2D eigenvalue weighted by atomic mass is 10.6. The van der Waals surface area contributed by atoms with Crippen LogP contribution in [-0.4, -0.2) is 20.7 Å². The van der Waals surface area contributed by atoms with E-state index in [1.807, 2.05) is 0 Å². The Kier molecular flexibility index (Phi) is 2.90. The summed E-state index contributed by atoms with van der Waals surface area (Å²) >= 11 is 0.440. The van der Waals surface area contributed by atoms with E-state index in [0.29, 0.717) is 11.3 Å². The van der Waals surface area contributed by atoms with Crippen LogP contribution >= 0.6 is 11.3 Å². The maximum Gasteiger partial charge on any atom is 0.429 e. The third-order valence-electron chi connectivity index (χ3n) is 1.22. The molecular weight excluding hydrogens is 228 g/mol. The molecule has 0 aliphatic rings. The normalized spacial score (nSPS) is 9.67. The third-order valence-corrected chi connectivity index (χ3v) is 2.13. The molecule has 0 spiro atoms. The fraction of sp³-hybridized carbons (Fsp3) is 0.200. The molecule has 0 saturated carbocycles. The number of aromatic nitrogens is 1. The molecule has 1 N–H and O–H groups in total. The topological polar surface area (TPSA) is 128 Å². The summed E-state index contributed by atoms with van der Waals surface area (Å²) in [7, 11) is 0. The van der Waals surface area contributed by atoms with Crippen molar-refractivity contribution >= 4 is 33.2 Å². The number of hydrogen-bond donors (Lipinski definition) is 1. The first-order chi connectivity index (χ1) is 6.91. The zero-order valence-corrected chi connectivity index (χ0v) is 8.11. The molecule has 1 aromatic heterocycles. The van der Waals surface area contributed by atoms with E-state index < -0.39 is 26.7 Å². The Labute approximate surface area is 86.0 Å². The fourth-order valence-corrected chi connectivity index (χ4v) is 1.54. The van der Waals surface area contributed by atoms with Gasteiger partial charge < -0.3 is 25.5 Å². The summed E-state index contributed by atoms with van der Waals surface area (Å²) in [4.78, 5) is 32.8. The van der Waals surface area contributed by atoms with Crippen molar-refractivity contribution in [3.63, 3.8) is 0 Å². The van der Waals surface area contributed by atoms with Crippen molar-refractivity contribution < 1.29 is 14.6 Å². The average molecular weight is 232 g/mol. The van der Waals surface area contributed by atoms with E-state index in [4.69, 9.17) is 0 Å². The molecule has 1 rings (SSSR count). The summed E-state index contributed by atoms with van der Waals surface area (Å²) < 4.78 is 0. The van der Waals surface area contributed by atoms with E-state index >= 15 is 0 Å². The van der Waals surface area contributed by atoms with E-state index in [9.17, 15) is 25.0 Å². The van der Waals surface area contributed by atoms with Crippen LogP contribution in [0, 0.1) is 20.2 Å². The van der Waals surface area contributed by atoms with Gasteiger partial charge in [-0.3, -0.25) is 4.79 Å². The largest absolute Gasteiger partial charge is 0.429 e. The lowest BCUT2D eigenvalue weighted by molar-refractivity contribution is -0.398. The summed E-state index contributed by atoms with van der Waals surface area (Å²) in [5.41, 5.74) is 0. The highest BCUT2D eigenvalue weighted by molar-refractivity contribution is 7.19.